The van der Waals surface area contributed by atoms with E-state index in [0.717, 1.165) is 51.4 Å². The van der Waals surface area contributed by atoms with Crippen molar-refractivity contribution in [1.29, 1.82) is 0 Å². The lowest BCUT2D eigenvalue weighted by atomic mass is 10.1. The molecule has 0 atom stereocenters. The fourth-order valence-corrected chi connectivity index (χ4v) is 1.99. The van der Waals surface area contributed by atoms with E-state index in [4.69, 9.17) is 9.47 Å². The molecule has 0 saturated carbocycles. The highest BCUT2D eigenvalue weighted by Gasteiger charge is 2.11. The Morgan fingerprint density at radius 2 is 1.89 bits per heavy atom. The number of hydrogen-bond acceptors (Lipinski definition) is 3. The molecule has 3 nitrogen and oxygen atoms in total. The second kappa shape index (κ2) is 9.20. The first kappa shape index (κ1) is 15.3. The van der Waals surface area contributed by atoms with Crippen LogP contribution in [0.4, 0.5) is 0 Å². The Labute approximate surface area is 115 Å². The third kappa shape index (κ3) is 5.71. The first-order chi connectivity index (χ1) is 8.45. The Kier molecular flexibility index (Phi) is 7.81. The standard InChI is InChI=1S/C14H21NO2.ClH/c1-2-5-14(6-3-1)17-10-4-9-15-13-7-11-16-12-8-13;/h1-3,5-6,13,15H,4,7-12H2;1H. The zero-order chi connectivity index (χ0) is 11.8. The molecule has 1 heterocycles. The fraction of sp³-hybridized carbons (Fsp3) is 0.571. The van der Waals surface area contributed by atoms with E-state index in [0.29, 0.717) is 6.04 Å². The number of rotatable bonds is 6. The molecule has 0 aromatic heterocycles. The Morgan fingerprint density at radius 1 is 1.17 bits per heavy atom. The van der Waals surface area contributed by atoms with Crippen molar-refractivity contribution in [3.05, 3.63) is 30.3 Å². The molecular weight excluding hydrogens is 250 g/mol. The van der Waals surface area contributed by atoms with E-state index in [1.54, 1.807) is 0 Å². The number of ether oxygens (including phenoxy) is 2. The van der Waals surface area contributed by atoms with Crippen molar-refractivity contribution in [1.82, 2.24) is 5.32 Å². The summed E-state index contributed by atoms with van der Waals surface area (Å²) in [6.45, 7) is 3.61. The SMILES string of the molecule is Cl.c1ccc(OCCCNC2CCOCC2)cc1. The average molecular weight is 272 g/mol. The number of benzene rings is 1. The van der Waals surface area contributed by atoms with Gasteiger partial charge in [0.25, 0.3) is 0 Å². The maximum Gasteiger partial charge on any atom is 0.119 e. The predicted molar refractivity (Wildman–Crippen MR) is 75.6 cm³/mol. The number of nitrogens with one attached hydrogen (secondary N) is 1. The highest BCUT2D eigenvalue weighted by Crippen LogP contribution is 2.08. The van der Waals surface area contributed by atoms with Crippen LogP contribution in [-0.4, -0.2) is 32.4 Å². The van der Waals surface area contributed by atoms with E-state index in [-0.39, 0.29) is 12.4 Å². The molecule has 1 aromatic rings. The molecule has 2 rings (SSSR count). The van der Waals surface area contributed by atoms with Crippen molar-refractivity contribution < 1.29 is 9.47 Å². The van der Waals surface area contributed by atoms with Gasteiger partial charge in [0.05, 0.1) is 6.61 Å². The minimum absolute atomic E-state index is 0. The highest BCUT2D eigenvalue weighted by molar-refractivity contribution is 5.85. The van der Waals surface area contributed by atoms with Crippen LogP contribution in [0.2, 0.25) is 0 Å². The molecule has 102 valence electrons. The first-order valence-corrected chi connectivity index (χ1v) is 6.44. The van der Waals surface area contributed by atoms with Crippen LogP contribution in [0.5, 0.6) is 5.75 Å². The lowest BCUT2D eigenvalue weighted by Gasteiger charge is -2.23. The van der Waals surface area contributed by atoms with Crippen LogP contribution in [0.1, 0.15) is 19.3 Å². The van der Waals surface area contributed by atoms with Gasteiger partial charge >= 0.3 is 0 Å². The van der Waals surface area contributed by atoms with Crippen LogP contribution in [0.3, 0.4) is 0 Å². The largest absolute Gasteiger partial charge is 0.494 e. The zero-order valence-electron chi connectivity index (χ0n) is 10.6. The van der Waals surface area contributed by atoms with Crippen LogP contribution in [0, 0.1) is 0 Å². The van der Waals surface area contributed by atoms with Crippen LogP contribution >= 0.6 is 12.4 Å². The number of para-hydroxylation sites is 1. The van der Waals surface area contributed by atoms with Gasteiger partial charge in [0.1, 0.15) is 5.75 Å². The molecule has 0 spiro atoms. The second-order valence-electron chi connectivity index (χ2n) is 4.36. The van der Waals surface area contributed by atoms with E-state index in [1.807, 2.05) is 30.3 Å². The molecule has 1 saturated heterocycles. The molecule has 0 amide bonds. The van der Waals surface area contributed by atoms with Gasteiger partial charge in [0.15, 0.2) is 0 Å². The molecule has 0 unspecified atom stereocenters. The minimum Gasteiger partial charge on any atom is -0.494 e. The number of hydrogen-bond donors (Lipinski definition) is 1. The molecule has 1 aliphatic rings. The average Bonchev–Trinajstić information content (AvgIpc) is 2.41. The third-order valence-corrected chi connectivity index (χ3v) is 2.99. The minimum atomic E-state index is 0. The van der Waals surface area contributed by atoms with Crippen LogP contribution < -0.4 is 10.1 Å². The van der Waals surface area contributed by atoms with Gasteiger partial charge < -0.3 is 14.8 Å². The van der Waals surface area contributed by atoms with Crippen molar-refractivity contribution in [3.8, 4) is 5.75 Å². The Hall–Kier alpha value is -0.770. The molecule has 1 aliphatic heterocycles. The lowest BCUT2D eigenvalue weighted by molar-refractivity contribution is 0.0777. The third-order valence-electron chi connectivity index (χ3n) is 2.99. The summed E-state index contributed by atoms with van der Waals surface area (Å²) in [5, 5.41) is 3.55. The second-order valence-corrected chi connectivity index (χ2v) is 4.36. The lowest BCUT2D eigenvalue weighted by Crippen LogP contribution is -2.35. The van der Waals surface area contributed by atoms with E-state index in [1.165, 1.54) is 0 Å². The van der Waals surface area contributed by atoms with Crippen LogP contribution in [0.15, 0.2) is 30.3 Å². The molecule has 18 heavy (non-hydrogen) atoms. The van der Waals surface area contributed by atoms with Gasteiger partial charge in [-0.2, -0.15) is 0 Å². The van der Waals surface area contributed by atoms with Crippen LogP contribution in [0.25, 0.3) is 0 Å². The fourth-order valence-electron chi connectivity index (χ4n) is 1.99. The van der Waals surface area contributed by atoms with Gasteiger partial charge in [-0.1, -0.05) is 18.2 Å². The Bertz CT molecular complexity index is 302. The molecule has 0 radical (unpaired) electrons. The van der Waals surface area contributed by atoms with Crippen molar-refractivity contribution in [3.63, 3.8) is 0 Å². The molecule has 1 aromatic carbocycles. The normalized spacial score (nSPS) is 16.0. The van der Waals surface area contributed by atoms with Crippen LogP contribution in [-0.2, 0) is 4.74 Å². The number of halogens is 1. The van der Waals surface area contributed by atoms with Crippen molar-refractivity contribution in [2.75, 3.05) is 26.4 Å². The molecule has 1 N–H and O–H groups in total. The molecule has 4 heteroatoms. The van der Waals surface area contributed by atoms with Crippen molar-refractivity contribution in [2.24, 2.45) is 0 Å². The molecule has 0 bridgehead atoms. The monoisotopic (exact) mass is 271 g/mol. The summed E-state index contributed by atoms with van der Waals surface area (Å²) in [6, 6.07) is 10.6. The molecule has 1 fully saturated rings. The smallest absolute Gasteiger partial charge is 0.119 e. The first-order valence-electron chi connectivity index (χ1n) is 6.44. The summed E-state index contributed by atoms with van der Waals surface area (Å²) < 4.78 is 11.0. The Balaban J connectivity index is 0.00000162. The van der Waals surface area contributed by atoms with Gasteiger partial charge in [0, 0.05) is 19.3 Å². The summed E-state index contributed by atoms with van der Waals surface area (Å²) in [5.74, 6) is 0.957. The van der Waals surface area contributed by atoms with Gasteiger partial charge in [-0.3, -0.25) is 0 Å². The maximum absolute atomic E-state index is 5.63. The quantitative estimate of drug-likeness (QED) is 0.807. The summed E-state index contributed by atoms with van der Waals surface area (Å²) in [6.07, 6.45) is 3.32. The highest BCUT2D eigenvalue weighted by atomic mass is 35.5. The summed E-state index contributed by atoms with van der Waals surface area (Å²) in [4.78, 5) is 0. The van der Waals surface area contributed by atoms with E-state index in [9.17, 15) is 0 Å². The Morgan fingerprint density at radius 3 is 2.61 bits per heavy atom. The van der Waals surface area contributed by atoms with E-state index < -0.39 is 0 Å². The summed E-state index contributed by atoms with van der Waals surface area (Å²) in [7, 11) is 0. The van der Waals surface area contributed by atoms with Gasteiger partial charge in [-0.25, -0.2) is 0 Å². The topological polar surface area (TPSA) is 30.5 Å². The van der Waals surface area contributed by atoms with Gasteiger partial charge in [-0.05, 0) is 37.9 Å². The predicted octanol–water partition coefficient (Wildman–Crippen LogP) is 2.65. The van der Waals surface area contributed by atoms with E-state index >= 15 is 0 Å². The maximum atomic E-state index is 5.63. The molecular formula is C14H22ClNO2. The van der Waals surface area contributed by atoms with Gasteiger partial charge in [0.2, 0.25) is 0 Å². The van der Waals surface area contributed by atoms with Crippen molar-refractivity contribution in [2.45, 2.75) is 25.3 Å². The molecule has 0 aliphatic carbocycles. The van der Waals surface area contributed by atoms with Gasteiger partial charge in [-0.15, -0.1) is 12.4 Å². The van der Waals surface area contributed by atoms with E-state index in [2.05, 4.69) is 5.32 Å². The summed E-state index contributed by atoms with van der Waals surface area (Å²) >= 11 is 0. The summed E-state index contributed by atoms with van der Waals surface area (Å²) in [5.41, 5.74) is 0. The zero-order valence-corrected chi connectivity index (χ0v) is 11.5. The van der Waals surface area contributed by atoms with Crippen molar-refractivity contribution >= 4 is 12.4 Å².